The fraction of sp³-hybridized carbons (Fsp3) is 0.375. The van der Waals surface area contributed by atoms with Crippen LogP contribution in [-0.2, 0) is 20.7 Å². The third kappa shape index (κ3) is 6.17. The van der Waals surface area contributed by atoms with E-state index in [1.807, 2.05) is 30.3 Å². The normalized spacial score (nSPS) is 11.4. The molecule has 0 aliphatic rings. The molecule has 1 aromatic rings. The van der Waals surface area contributed by atoms with Gasteiger partial charge < -0.3 is 10.1 Å². The summed E-state index contributed by atoms with van der Waals surface area (Å²) in [6.45, 7) is 1.61. The molecule has 0 saturated carbocycles. The number of nitrogens with one attached hydrogen (secondary N) is 1. The van der Waals surface area contributed by atoms with Crippen LogP contribution in [-0.4, -0.2) is 30.9 Å². The van der Waals surface area contributed by atoms with Crippen LogP contribution in [0.3, 0.4) is 0 Å². The van der Waals surface area contributed by atoms with Crippen molar-refractivity contribution in [1.29, 1.82) is 0 Å². The van der Waals surface area contributed by atoms with Gasteiger partial charge in [0, 0.05) is 13.3 Å². The monoisotopic (exact) mass is 273 g/mol. The lowest BCUT2D eigenvalue weighted by atomic mass is 10.0. The highest BCUT2D eigenvalue weighted by molar-refractivity contribution is 5.88. The third-order valence-electron chi connectivity index (χ3n) is 2.74. The summed E-state index contributed by atoms with van der Waals surface area (Å²) in [5, 5.41) is 2.59. The van der Waals surface area contributed by atoms with Gasteiger partial charge in [-0.3, -0.25) is 9.59 Å². The van der Waals surface area contributed by atoms with Gasteiger partial charge in [0.05, 0.1) is 6.61 Å². The van der Waals surface area contributed by atoms with E-state index in [0.717, 1.165) is 5.56 Å². The van der Waals surface area contributed by atoms with Gasteiger partial charge in [-0.2, -0.15) is 0 Å². The summed E-state index contributed by atoms with van der Waals surface area (Å²) in [5.41, 5.74) is 1.09. The first-order chi connectivity index (χ1) is 9.63. The van der Waals surface area contributed by atoms with Crippen LogP contribution >= 0.6 is 0 Å². The Bertz CT molecular complexity index is 476. The van der Waals surface area contributed by atoms with Crippen LogP contribution in [0.5, 0.6) is 0 Å². The summed E-state index contributed by atoms with van der Waals surface area (Å²) in [4.78, 5) is 23.2. The first kappa shape index (κ1) is 15.9. The first-order valence-corrected chi connectivity index (χ1v) is 6.48. The molecule has 0 aromatic heterocycles. The molecule has 1 atom stereocenters. The number of ether oxygens (including phenoxy) is 1. The van der Waals surface area contributed by atoms with Crippen LogP contribution in [0.2, 0.25) is 0 Å². The zero-order valence-electron chi connectivity index (χ0n) is 11.6. The van der Waals surface area contributed by atoms with E-state index in [-0.39, 0.29) is 24.9 Å². The van der Waals surface area contributed by atoms with E-state index in [1.165, 1.54) is 6.92 Å². The lowest BCUT2D eigenvalue weighted by Crippen LogP contribution is -2.43. The predicted octanol–water partition coefficient (Wildman–Crippen LogP) is 1.34. The van der Waals surface area contributed by atoms with Gasteiger partial charge in [-0.05, 0) is 12.0 Å². The summed E-state index contributed by atoms with van der Waals surface area (Å²) in [6, 6.07) is 9.09. The van der Waals surface area contributed by atoms with Crippen LogP contribution in [0.1, 0.15) is 18.9 Å². The lowest BCUT2D eigenvalue weighted by molar-refractivity contribution is -0.128. The topological polar surface area (TPSA) is 55.4 Å². The highest BCUT2D eigenvalue weighted by Crippen LogP contribution is 2.05. The van der Waals surface area contributed by atoms with Crippen LogP contribution in [0, 0.1) is 12.3 Å². The number of amides is 1. The van der Waals surface area contributed by atoms with Gasteiger partial charge in [0.1, 0.15) is 12.6 Å². The Kier molecular flexibility index (Phi) is 7.08. The molecule has 0 saturated heterocycles. The summed E-state index contributed by atoms with van der Waals surface area (Å²) < 4.78 is 5.15. The number of Topliss-reactive ketones (excluding diaryl/α,β-unsaturated/α-hetero) is 1. The number of terminal acetylenes is 1. The van der Waals surface area contributed by atoms with Crippen molar-refractivity contribution < 1.29 is 14.3 Å². The standard InChI is InChI=1S/C16H19NO3/c1-3-11-20-12-15(17-13(2)18)16(19)10-9-14-7-5-4-6-8-14/h1,4-8,15H,9-12H2,2H3,(H,17,18). The number of hydrogen-bond donors (Lipinski definition) is 1. The second kappa shape index (κ2) is 8.89. The Morgan fingerprint density at radius 2 is 2.05 bits per heavy atom. The Balaban J connectivity index is 2.49. The lowest BCUT2D eigenvalue weighted by Gasteiger charge is -2.16. The quantitative estimate of drug-likeness (QED) is 0.574. The maximum absolute atomic E-state index is 12.1. The Morgan fingerprint density at radius 1 is 1.35 bits per heavy atom. The molecule has 0 aliphatic carbocycles. The average molecular weight is 273 g/mol. The molecule has 4 nitrogen and oxygen atoms in total. The van der Waals surface area contributed by atoms with Gasteiger partial charge in [-0.1, -0.05) is 36.3 Å². The number of carbonyl (C=O) groups excluding carboxylic acids is 2. The summed E-state index contributed by atoms with van der Waals surface area (Å²) in [5.74, 6) is 2.02. The van der Waals surface area contributed by atoms with Crippen molar-refractivity contribution in [1.82, 2.24) is 5.32 Å². The zero-order valence-corrected chi connectivity index (χ0v) is 11.6. The van der Waals surface area contributed by atoms with Crippen LogP contribution in [0.25, 0.3) is 0 Å². The molecule has 0 fully saturated rings. The van der Waals surface area contributed by atoms with Crippen LogP contribution in [0.4, 0.5) is 0 Å². The minimum absolute atomic E-state index is 0.0546. The molecule has 1 aromatic carbocycles. The van der Waals surface area contributed by atoms with Gasteiger partial charge >= 0.3 is 0 Å². The molecule has 1 amide bonds. The molecular weight excluding hydrogens is 254 g/mol. The fourth-order valence-corrected chi connectivity index (χ4v) is 1.78. The minimum Gasteiger partial charge on any atom is -0.366 e. The van der Waals surface area contributed by atoms with Crippen molar-refractivity contribution >= 4 is 11.7 Å². The van der Waals surface area contributed by atoms with E-state index >= 15 is 0 Å². The SMILES string of the molecule is C#CCOCC(NC(C)=O)C(=O)CCc1ccccc1. The molecule has 0 radical (unpaired) electrons. The highest BCUT2D eigenvalue weighted by atomic mass is 16.5. The van der Waals surface area contributed by atoms with Crippen molar-refractivity contribution in [3.63, 3.8) is 0 Å². The molecule has 1 unspecified atom stereocenters. The molecule has 0 heterocycles. The minimum atomic E-state index is -0.635. The predicted molar refractivity (Wildman–Crippen MR) is 77.0 cm³/mol. The Hall–Kier alpha value is -2.12. The maximum atomic E-state index is 12.1. The van der Waals surface area contributed by atoms with E-state index in [0.29, 0.717) is 12.8 Å². The largest absolute Gasteiger partial charge is 0.366 e. The van der Waals surface area contributed by atoms with Crippen molar-refractivity contribution in [3.05, 3.63) is 35.9 Å². The van der Waals surface area contributed by atoms with Crippen LogP contribution < -0.4 is 5.32 Å². The van der Waals surface area contributed by atoms with Crippen LogP contribution in [0.15, 0.2) is 30.3 Å². The van der Waals surface area contributed by atoms with Crippen molar-refractivity contribution in [2.75, 3.05) is 13.2 Å². The highest BCUT2D eigenvalue weighted by Gasteiger charge is 2.19. The smallest absolute Gasteiger partial charge is 0.217 e. The number of benzene rings is 1. The van der Waals surface area contributed by atoms with Gasteiger partial charge in [0.2, 0.25) is 5.91 Å². The second-order valence-electron chi connectivity index (χ2n) is 4.42. The zero-order chi connectivity index (χ0) is 14.8. The number of aryl methyl sites for hydroxylation is 1. The Labute approximate surface area is 119 Å². The third-order valence-corrected chi connectivity index (χ3v) is 2.74. The molecule has 1 N–H and O–H groups in total. The molecule has 106 valence electrons. The molecule has 0 spiro atoms. The van der Waals surface area contributed by atoms with E-state index < -0.39 is 6.04 Å². The van der Waals surface area contributed by atoms with Crippen molar-refractivity contribution in [3.8, 4) is 12.3 Å². The molecule has 4 heteroatoms. The second-order valence-corrected chi connectivity index (χ2v) is 4.42. The van der Waals surface area contributed by atoms with Gasteiger partial charge in [0.25, 0.3) is 0 Å². The van der Waals surface area contributed by atoms with Gasteiger partial charge in [0.15, 0.2) is 5.78 Å². The summed E-state index contributed by atoms with van der Waals surface area (Å²) >= 11 is 0. The average Bonchev–Trinajstić information content (AvgIpc) is 2.44. The maximum Gasteiger partial charge on any atom is 0.217 e. The van der Waals surface area contributed by atoms with Crippen molar-refractivity contribution in [2.45, 2.75) is 25.8 Å². The van der Waals surface area contributed by atoms with E-state index in [2.05, 4.69) is 11.2 Å². The molecule has 0 bridgehead atoms. The van der Waals surface area contributed by atoms with Crippen molar-refractivity contribution in [2.24, 2.45) is 0 Å². The number of carbonyl (C=O) groups is 2. The molecule has 1 rings (SSSR count). The number of rotatable bonds is 8. The molecular formula is C16H19NO3. The fourth-order valence-electron chi connectivity index (χ4n) is 1.78. The van der Waals surface area contributed by atoms with E-state index in [1.54, 1.807) is 0 Å². The summed E-state index contributed by atoms with van der Waals surface area (Å²) in [7, 11) is 0. The molecule has 0 aliphatic heterocycles. The summed E-state index contributed by atoms with van der Waals surface area (Å²) in [6.07, 6.45) is 6.08. The number of hydrogen-bond acceptors (Lipinski definition) is 3. The molecule has 20 heavy (non-hydrogen) atoms. The number of ketones is 1. The van der Waals surface area contributed by atoms with E-state index in [4.69, 9.17) is 11.2 Å². The first-order valence-electron chi connectivity index (χ1n) is 6.48. The Morgan fingerprint density at radius 3 is 2.65 bits per heavy atom. The van der Waals surface area contributed by atoms with Gasteiger partial charge in [-0.15, -0.1) is 6.42 Å². The van der Waals surface area contributed by atoms with Gasteiger partial charge in [-0.25, -0.2) is 0 Å². The van der Waals surface area contributed by atoms with E-state index in [9.17, 15) is 9.59 Å².